The zero-order valence-electron chi connectivity index (χ0n) is 18.1. The molecule has 0 radical (unpaired) electrons. The van der Waals surface area contributed by atoms with E-state index in [1.54, 1.807) is 12.4 Å². The van der Waals surface area contributed by atoms with Crippen molar-refractivity contribution >= 4 is 45.7 Å². The lowest BCUT2D eigenvalue weighted by Gasteiger charge is -2.36. The van der Waals surface area contributed by atoms with E-state index in [1.165, 1.54) is 0 Å². The number of hydrogen-bond acceptors (Lipinski definition) is 7. The van der Waals surface area contributed by atoms with Crippen LogP contribution in [0, 0.1) is 0 Å². The van der Waals surface area contributed by atoms with Crippen LogP contribution in [0.15, 0.2) is 24.5 Å². The predicted octanol–water partition coefficient (Wildman–Crippen LogP) is 4.15. The van der Waals surface area contributed by atoms with Gasteiger partial charge < -0.3 is 15.2 Å². The Morgan fingerprint density at radius 3 is 2.61 bits per heavy atom. The lowest BCUT2D eigenvalue weighted by atomic mass is 9.88. The van der Waals surface area contributed by atoms with E-state index in [9.17, 15) is 5.11 Å². The summed E-state index contributed by atoms with van der Waals surface area (Å²) in [4.78, 5) is 11.5. The second kappa shape index (κ2) is 8.67. The molecule has 0 unspecified atom stereocenters. The van der Waals surface area contributed by atoms with E-state index < -0.39 is 6.10 Å². The van der Waals surface area contributed by atoms with Crippen LogP contribution in [0.2, 0.25) is 10.2 Å². The second-order valence-corrected chi connectivity index (χ2v) is 10.0. The number of nitrogens with one attached hydrogen (secondary N) is 1. The number of rotatable bonds is 5. The van der Waals surface area contributed by atoms with Crippen molar-refractivity contribution in [2.24, 2.45) is 0 Å². The predicted molar refractivity (Wildman–Crippen MR) is 128 cm³/mol. The topological polar surface area (TPSA) is 88.3 Å². The van der Waals surface area contributed by atoms with Crippen LogP contribution < -0.4 is 5.32 Å². The number of ether oxygens (including phenoxy) is 1. The normalized spacial score (nSPS) is 24.6. The average Bonchev–Trinajstić information content (AvgIpc) is 3.47. The molecule has 2 aliphatic heterocycles. The fourth-order valence-corrected chi connectivity index (χ4v) is 5.59. The first-order valence-electron chi connectivity index (χ1n) is 11.5. The number of anilines is 2. The molecule has 0 amide bonds. The smallest absolute Gasteiger partial charge is 0.227 e. The maximum absolute atomic E-state index is 10.1. The molecule has 4 heterocycles. The number of fused-ring (bicyclic) bond motifs is 1. The van der Waals surface area contributed by atoms with Crippen molar-refractivity contribution in [3.63, 3.8) is 0 Å². The number of nitrogens with zero attached hydrogens (tertiary/aromatic N) is 5. The van der Waals surface area contributed by atoms with Crippen LogP contribution in [0.5, 0.6) is 0 Å². The van der Waals surface area contributed by atoms with E-state index in [0.717, 1.165) is 60.3 Å². The van der Waals surface area contributed by atoms with Crippen LogP contribution in [0.25, 0.3) is 10.9 Å². The molecule has 0 spiro atoms. The molecule has 2 atom stereocenters. The Bertz CT molecular complexity index is 1180. The van der Waals surface area contributed by atoms with Crippen molar-refractivity contribution in [2.75, 3.05) is 31.6 Å². The monoisotopic (exact) mass is 488 g/mol. The van der Waals surface area contributed by atoms with Gasteiger partial charge in [0.15, 0.2) is 5.15 Å². The molecule has 3 fully saturated rings. The van der Waals surface area contributed by atoms with Gasteiger partial charge in [-0.15, -0.1) is 0 Å². The highest BCUT2D eigenvalue weighted by Gasteiger charge is 2.34. The Hall–Kier alpha value is -1.97. The molecule has 33 heavy (non-hydrogen) atoms. The Morgan fingerprint density at radius 2 is 1.88 bits per heavy atom. The zero-order valence-corrected chi connectivity index (χ0v) is 19.6. The van der Waals surface area contributed by atoms with E-state index in [-0.39, 0.29) is 6.04 Å². The Morgan fingerprint density at radius 1 is 1.06 bits per heavy atom. The number of hydrogen-bond donors (Lipinski definition) is 2. The molecule has 1 aromatic carbocycles. The Balaban J connectivity index is 1.20. The van der Waals surface area contributed by atoms with Gasteiger partial charge in [-0.1, -0.05) is 23.2 Å². The minimum atomic E-state index is -0.390. The van der Waals surface area contributed by atoms with Gasteiger partial charge in [-0.05, 0) is 62.4 Å². The van der Waals surface area contributed by atoms with Gasteiger partial charge in [0.2, 0.25) is 5.95 Å². The highest BCUT2D eigenvalue weighted by Crippen LogP contribution is 2.39. The average molecular weight is 489 g/mol. The number of halogens is 2. The first-order chi connectivity index (χ1) is 16.1. The van der Waals surface area contributed by atoms with Crippen LogP contribution in [-0.2, 0) is 4.74 Å². The molecule has 2 aromatic heterocycles. The van der Waals surface area contributed by atoms with Crippen molar-refractivity contribution in [2.45, 2.75) is 49.8 Å². The maximum Gasteiger partial charge on any atom is 0.227 e. The minimum absolute atomic E-state index is 0.107. The fourth-order valence-electron chi connectivity index (χ4n) is 4.99. The van der Waals surface area contributed by atoms with Gasteiger partial charge >= 0.3 is 0 Å². The third-order valence-corrected chi connectivity index (χ3v) is 7.74. The summed E-state index contributed by atoms with van der Waals surface area (Å²) in [5.74, 6) is 0.841. The quantitative estimate of drug-likeness (QED) is 0.557. The molecule has 10 heteroatoms. The molecule has 6 rings (SSSR count). The van der Waals surface area contributed by atoms with Crippen molar-refractivity contribution in [1.82, 2.24) is 24.6 Å². The number of benzene rings is 1. The summed E-state index contributed by atoms with van der Waals surface area (Å²) in [6.07, 6.45) is 7.32. The van der Waals surface area contributed by atoms with Gasteiger partial charge in [-0.25, -0.2) is 14.6 Å². The van der Waals surface area contributed by atoms with Crippen molar-refractivity contribution < 1.29 is 9.84 Å². The lowest BCUT2D eigenvalue weighted by Crippen LogP contribution is -2.46. The maximum atomic E-state index is 10.1. The molecular weight excluding hydrogens is 463 g/mol. The van der Waals surface area contributed by atoms with Crippen LogP contribution in [0.3, 0.4) is 0 Å². The molecule has 1 saturated carbocycles. The summed E-state index contributed by atoms with van der Waals surface area (Å²) in [5, 5.41) is 20.0. The van der Waals surface area contributed by atoms with Crippen LogP contribution >= 0.6 is 23.2 Å². The Kier molecular flexibility index (Phi) is 5.66. The first kappa shape index (κ1) is 21.6. The molecule has 0 bridgehead atoms. The van der Waals surface area contributed by atoms with Crippen LogP contribution in [-0.4, -0.2) is 68.2 Å². The van der Waals surface area contributed by atoms with Crippen LogP contribution in [0.4, 0.5) is 11.6 Å². The van der Waals surface area contributed by atoms with Crippen molar-refractivity contribution in [1.29, 1.82) is 0 Å². The highest BCUT2D eigenvalue weighted by atomic mass is 35.5. The minimum Gasteiger partial charge on any atom is -0.389 e. The van der Waals surface area contributed by atoms with Gasteiger partial charge in [0.1, 0.15) is 0 Å². The summed E-state index contributed by atoms with van der Waals surface area (Å²) in [6, 6.07) is 4.56. The summed E-state index contributed by atoms with van der Waals surface area (Å²) in [6.45, 7) is 2.89. The summed E-state index contributed by atoms with van der Waals surface area (Å²) in [5.41, 5.74) is 2.68. The summed E-state index contributed by atoms with van der Waals surface area (Å²) < 4.78 is 7.29. The van der Waals surface area contributed by atoms with Crippen molar-refractivity contribution in [3.8, 4) is 0 Å². The van der Waals surface area contributed by atoms with E-state index >= 15 is 0 Å². The van der Waals surface area contributed by atoms with Gasteiger partial charge in [0.05, 0.1) is 48.8 Å². The second-order valence-electron chi connectivity index (χ2n) is 9.26. The third-order valence-electron chi connectivity index (χ3n) is 7.03. The van der Waals surface area contributed by atoms with Crippen molar-refractivity contribution in [3.05, 3.63) is 40.3 Å². The molecule has 2 N–H and O–H groups in total. The molecule has 2 saturated heterocycles. The highest BCUT2D eigenvalue weighted by molar-refractivity contribution is 6.32. The molecular formula is C23H26Cl2N6O2. The molecule has 174 valence electrons. The van der Waals surface area contributed by atoms with Crippen LogP contribution in [0.1, 0.15) is 43.2 Å². The number of piperidine rings is 1. The summed E-state index contributed by atoms with van der Waals surface area (Å²) in [7, 11) is 0. The fraction of sp³-hybridized carbons (Fsp3) is 0.522. The molecule has 3 aromatic rings. The third kappa shape index (κ3) is 4.19. The number of aliphatic hydroxyl groups excluding tert-OH is 1. The zero-order chi connectivity index (χ0) is 22.5. The van der Waals surface area contributed by atoms with E-state index in [4.69, 9.17) is 32.9 Å². The van der Waals surface area contributed by atoms with Gasteiger partial charge in [-0.3, -0.25) is 4.90 Å². The van der Waals surface area contributed by atoms with E-state index in [2.05, 4.69) is 26.4 Å². The van der Waals surface area contributed by atoms with E-state index in [0.29, 0.717) is 42.0 Å². The standard InChI is InChI=1S/C23H26Cl2N6O2/c24-17-7-14-9-26-23(29-19-10-27-31(22(19)25)15-1-2-15)28-18(14)8-16(17)13-3-5-30(6-4-13)20-11-33-12-21(20)32/h7-10,13,15,20-21,32H,1-6,11-12H2,(H,26,28,29)/t20-,21+/m0/s1. The number of likely N-dealkylation sites (tertiary alicyclic amines) is 1. The lowest BCUT2D eigenvalue weighted by molar-refractivity contribution is 0.0663. The molecule has 1 aliphatic carbocycles. The SMILES string of the molecule is O[C@@H]1COC[C@@H]1N1CCC(c2cc3nc(Nc4cnn(C5CC5)c4Cl)ncc3cc2Cl)CC1. The molecule has 3 aliphatic rings. The van der Waals surface area contributed by atoms with Gasteiger partial charge in [0, 0.05) is 16.6 Å². The Labute approximate surface area is 201 Å². The number of aromatic nitrogens is 4. The number of aliphatic hydroxyl groups is 1. The summed E-state index contributed by atoms with van der Waals surface area (Å²) >= 11 is 13.2. The molecule has 8 nitrogen and oxygen atoms in total. The first-order valence-corrected chi connectivity index (χ1v) is 12.3. The van der Waals surface area contributed by atoms with E-state index in [1.807, 2.05) is 10.7 Å². The van der Waals surface area contributed by atoms with Gasteiger partial charge in [-0.2, -0.15) is 5.10 Å². The largest absolute Gasteiger partial charge is 0.389 e. The van der Waals surface area contributed by atoms with Gasteiger partial charge in [0.25, 0.3) is 0 Å².